The summed E-state index contributed by atoms with van der Waals surface area (Å²) in [5, 5.41) is 6.12. The summed E-state index contributed by atoms with van der Waals surface area (Å²) in [7, 11) is 0. The molecule has 2 aliphatic rings. The molecule has 1 aromatic carbocycles. The Labute approximate surface area is 223 Å². The van der Waals surface area contributed by atoms with Crippen molar-refractivity contribution < 1.29 is 19.1 Å². The van der Waals surface area contributed by atoms with Gasteiger partial charge in [-0.2, -0.15) is 0 Å². The molecule has 2 saturated carbocycles. The van der Waals surface area contributed by atoms with Crippen molar-refractivity contribution in [1.29, 1.82) is 0 Å². The Morgan fingerprint density at radius 3 is 2.16 bits per heavy atom. The maximum Gasteiger partial charge on any atom is 0.408 e. The molecule has 0 radical (unpaired) electrons. The maximum absolute atomic E-state index is 14.3. The molecule has 0 bridgehead atoms. The highest BCUT2D eigenvalue weighted by Crippen LogP contribution is 2.36. The third-order valence-electron chi connectivity index (χ3n) is 7.53. The van der Waals surface area contributed by atoms with E-state index in [2.05, 4.69) is 10.6 Å². The normalized spacial score (nSPS) is 18.5. The van der Waals surface area contributed by atoms with E-state index >= 15 is 0 Å². The molecule has 2 fully saturated rings. The van der Waals surface area contributed by atoms with Crippen LogP contribution in [0.2, 0.25) is 0 Å². The van der Waals surface area contributed by atoms with Gasteiger partial charge < -0.3 is 20.3 Å². The zero-order chi connectivity index (χ0) is 27.3. The molecule has 7 heteroatoms. The average Bonchev–Trinajstić information content (AvgIpc) is 2.77. The first-order valence-corrected chi connectivity index (χ1v) is 14.1. The average molecular weight is 514 g/mol. The first-order valence-electron chi connectivity index (χ1n) is 14.1. The Morgan fingerprint density at radius 1 is 0.973 bits per heavy atom. The second-order valence-corrected chi connectivity index (χ2v) is 12.3. The molecular weight excluding hydrogens is 466 g/mol. The van der Waals surface area contributed by atoms with Crippen LogP contribution < -0.4 is 10.6 Å². The molecule has 3 rings (SSSR count). The lowest BCUT2D eigenvalue weighted by molar-refractivity contribution is -0.148. The molecule has 37 heavy (non-hydrogen) atoms. The maximum atomic E-state index is 14.3. The Hall–Kier alpha value is -2.57. The van der Waals surface area contributed by atoms with Gasteiger partial charge in [-0.05, 0) is 83.8 Å². The molecule has 2 N–H and O–H groups in total. The number of rotatable bonds is 8. The van der Waals surface area contributed by atoms with Crippen molar-refractivity contribution in [3.8, 4) is 0 Å². The van der Waals surface area contributed by atoms with Crippen LogP contribution in [0.5, 0.6) is 0 Å². The Kier molecular flexibility index (Phi) is 9.65. The molecule has 0 saturated heterocycles. The molecule has 3 amide bonds. The van der Waals surface area contributed by atoms with Crippen molar-refractivity contribution in [2.75, 3.05) is 0 Å². The monoisotopic (exact) mass is 513 g/mol. The van der Waals surface area contributed by atoms with Crippen LogP contribution in [-0.2, 0) is 14.3 Å². The van der Waals surface area contributed by atoms with E-state index in [9.17, 15) is 14.4 Å². The number of nitrogens with zero attached hydrogens (tertiary/aromatic N) is 1. The van der Waals surface area contributed by atoms with Crippen molar-refractivity contribution in [1.82, 2.24) is 15.5 Å². The molecule has 7 nitrogen and oxygen atoms in total. The van der Waals surface area contributed by atoms with Gasteiger partial charge in [0.25, 0.3) is 0 Å². The smallest absolute Gasteiger partial charge is 0.408 e. The van der Waals surface area contributed by atoms with Gasteiger partial charge >= 0.3 is 6.09 Å². The van der Waals surface area contributed by atoms with Crippen LogP contribution in [0.3, 0.4) is 0 Å². The van der Waals surface area contributed by atoms with Crippen molar-refractivity contribution >= 4 is 17.9 Å². The summed E-state index contributed by atoms with van der Waals surface area (Å²) in [6.45, 7) is 13.2. The standard InChI is InChI=1S/C30H47N3O4/c1-19(2)25(32-29(36)37-30(5,6)7)28(35)33(23-14-11-15-23)26(24-18-20(3)16-17-21(24)4)27(34)31-22-12-9-8-10-13-22/h16-19,22-23,25-26H,8-15H2,1-7H3,(H,31,34)(H,32,36). The van der Waals surface area contributed by atoms with Crippen molar-refractivity contribution in [2.45, 2.75) is 130 Å². The van der Waals surface area contributed by atoms with Gasteiger partial charge in [-0.25, -0.2) is 4.79 Å². The highest BCUT2D eigenvalue weighted by atomic mass is 16.6. The summed E-state index contributed by atoms with van der Waals surface area (Å²) in [6.07, 6.45) is 7.45. The van der Waals surface area contributed by atoms with Gasteiger partial charge in [0.2, 0.25) is 11.8 Å². The molecule has 0 spiro atoms. The van der Waals surface area contributed by atoms with Gasteiger partial charge in [0.05, 0.1) is 0 Å². The number of ether oxygens (including phenoxy) is 1. The van der Waals surface area contributed by atoms with Crippen LogP contribution in [0.1, 0.15) is 109 Å². The number of hydrogen-bond acceptors (Lipinski definition) is 4. The number of nitrogens with one attached hydrogen (secondary N) is 2. The van der Waals surface area contributed by atoms with Gasteiger partial charge in [-0.15, -0.1) is 0 Å². The zero-order valence-electron chi connectivity index (χ0n) is 23.9. The van der Waals surface area contributed by atoms with Gasteiger partial charge in [-0.1, -0.05) is 56.9 Å². The summed E-state index contributed by atoms with van der Waals surface area (Å²) in [4.78, 5) is 42.8. The first kappa shape index (κ1) is 29.0. The lowest BCUT2D eigenvalue weighted by Gasteiger charge is -2.45. The topological polar surface area (TPSA) is 87.7 Å². The van der Waals surface area contributed by atoms with E-state index in [4.69, 9.17) is 4.74 Å². The molecule has 0 aliphatic heterocycles. The molecule has 2 unspecified atom stereocenters. The van der Waals surface area contributed by atoms with E-state index in [0.717, 1.165) is 61.6 Å². The third-order valence-corrected chi connectivity index (χ3v) is 7.53. The summed E-state index contributed by atoms with van der Waals surface area (Å²) in [5.41, 5.74) is 2.20. The highest BCUT2D eigenvalue weighted by molar-refractivity contribution is 5.93. The summed E-state index contributed by atoms with van der Waals surface area (Å²) >= 11 is 0. The SMILES string of the molecule is Cc1ccc(C)c(C(C(=O)NC2CCCCC2)N(C(=O)C(NC(=O)OC(C)(C)C)C(C)C)C2CCC2)c1. The Morgan fingerprint density at radius 2 is 1.62 bits per heavy atom. The van der Waals surface area contributed by atoms with E-state index < -0.39 is 23.8 Å². The number of benzene rings is 1. The molecule has 206 valence electrons. The fourth-order valence-electron chi connectivity index (χ4n) is 5.29. The largest absolute Gasteiger partial charge is 0.444 e. The van der Waals surface area contributed by atoms with Crippen LogP contribution in [0.15, 0.2) is 18.2 Å². The van der Waals surface area contributed by atoms with Crippen LogP contribution in [0.4, 0.5) is 4.79 Å². The van der Waals surface area contributed by atoms with Crippen LogP contribution in [0.25, 0.3) is 0 Å². The molecule has 0 aromatic heterocycles. The lowest BCUT2D eigenvalue weighted by atomic mass is 9.86. The van der Waals surface area contributed by atoms with E-state index in [1.807, 2.05) is 45.9 Å². The number of hydrogen-bond donors (Lipinski definition) is 2. The predicted octanol–water partition coefficient (Wildman–Crippen LogP) is 5.72. The third kappa shape index (κ3) is 7.71. The van der Waals surface area contributed by atoms with Crippen LogP contribution >= 0.6 is 0 Å². The van der Waals surface area contributed by atoms with E-state index in [1.165, 1.54) is 6.42 Å². The minimum Gasteiger partial charge on any atom is -0.444 e. The second kappa shape index (κ2) is 12.3. The van der Waals surface area contributed by atoms with E-state index in [-0.39, 0.29) is 29.8 Å². The summed E-state index contributed by atoms with van der Waals surface area (Å²) < 4.78 is 5.48. The van der Waals surface area contributed by atoms with Gasteiger partial charge in [-0.3, -0.25) is 9.59 Å². The molecular formula is C30H47N3O4. The summed E-state index contributed by atoms with van der Waals surface area (Å²) in [6, 6.07) is 4.63. The van der Waals surface area contributed by atoms with Gasteiger partial charge in [0, 0.05) is 12.1 Å². The minimum atomic E-state index is -0.800. The van der Waals surface area contributed by atoms with E-state index in [1.54, 1.807) is 25.7 Å². The van der Waals surface area contributed by atoms with Gasteiger partial charge in [0.15, 0.2) is 0 Å². The molecule has 0 heterocycles. The number of carbonyl (C=O) groups excluding carboxylic acids is 3. The first-order chi connectivity index (χ1) is 17.4. The fraction of sp³-hybridized carbons (Fsp3) is 0.700. The lowest BCUT2D eigenvalue weighted by Crippen LogP contribution is -2.59. The quantitative estimate of drug-likeness (QED) is 0.465. The number of alkyl carbamates (subject to hydrolysis) is 1. The van der Waals surface area contributed by atoms with Crippen LogP contribution in [-0.4, -0.2) is 46.5 Å². The van der Waals surface area contributed by atoms with Crippen molar-refractivity contribution in [3.05, 3.63) is 34.9 Å². The van der Waals surface area contributed by atoms with Crippen LogP contribution in [0, 0.1) is 19.8 Å². The van der Waals surface area contributed by atoms with Crippen molar-refractivity contribution in [2.24, 2.45) is 5.92 Å². The number of amides is 3. The predicted molar refractivity (Wildman–Crippen MR) is 146 cm³/mol. The zero-order valence-corrected chi connectivity index (χ0v) is 23.9. The Bertz CT molecular complexity index is 958. The molecule has 2 atom stereocenters. The second-order valence-electron chi connectivity index (χ2n) is 12.3. The number of carbonyl (C=O) groups is 3. The van der Waals surface area contributed by atoms with Crippen molar-refractivity contribution in [3.63, 3.8) is 0 Å². The van der Waals surface area contributed by atoms with E-state index in [0.29, 0.717) is 0 Å². The molecule has 1 aromatic rings. The minimum absolute atomic E-state index is 0.0452. The molecule has 2 aliphatic carbocycles. The highest BCUT2D eigenvalue weighted by Gasteiger charge is 2.43. The summed E-state index contributed by atoms with van der Waals surface area (Å²) in [5.74, 6) is -0.529. The number of aryl methyl sites for hydroxylation is 2. The fourth-order valence-corrected chi connectivity index (χ4v) is 5.29. The Balaban J connectivity index is 2.00. The van der Waals surface area contributed by atoms with Gasteiger partial charge in [0.1, 0.15) is 17.7 Å².